The van der Waals surface area contributed by atoms with Crippen molar-refractivity contribution in [3.63, 3.8) is 0 Å². The summed E-state index contributed by atoms with van der Waals surface area (Å²) in [6.45, 7) is 0.641. The molecule has 2 aliphatic rings. The Balaban J connectivity index is 1.55. The van der Waals surface area contributed by atoms with E-state index >= 15 is 0 Å². The summed E-state index contributed by atoms with van der Waals surface area (Å²) in [7, 11) is 0. The summed E-state index contributed by atoms with van der Waals surface area (Å²) in [6.07, 6.45) is 1.78. The highest BCUT2D eigenvalue weighted by molar-refractivity contribution is 6.21. The predicted octanol–water partition coefficient (Wildman–Crippen LogP) is 2.80. The van der Waals surface area contributed by atoms with Gasteiger partial charge in [-0.2, -0.15) is 0 Å². The maximum Gasteiger partial charge on any atom is 0.261 e. The van der Waals surface area contributed by atoms with Crippen molar-refractivity contribution in [1.29, 1.82) is 0 Å². The number of carbonyl (C=O) groups is 2. The summed E-state index contributed by atoms with van der Waals surface area (Å²) < 4.78 is 11.3. The lowest BCUT2D eigenvalue weighted by Gasteiger charge is -2.32. The fourth-order valence-electron chi connectivity index (χ4n) is 3.92. The lowest BCUT2D eigenvalue weighted by molar-refractivity contribution is -0.178. The summed E-state index contributed by atoms with van der Waals surface area (Å²) in [5, 5.41) is 10.9. The molecule has 0 saturated carbocycles. The van der Waals surface area contributed by atoms with Crippen LogP contribution in [0.3, 0.4) is 0 Å². The maximum absolute atomic E-state index is 13.0. The van der Waals surface area contributed by atoms with E-state index in [1.807, 2.05) is 30.3 Å². The van der Waals surface area contributed by atoms with Crippen molar-refractivity contribution in [2.24, 2.45) is 0 Å². The van der Waals surface area contributed by atoms with Gasteiger partial charge in [-0.3, -0.25) is 14.5 Å². The molecular weight excluding hydrogens is 370 g/mol. The molecule has 1 saturated heterocycles. The van der Waals surface area contributed by atoms with Crippen LogP contribution >= 0.6 is 0 Å². The van der Waals surface area contributed by atoms with Gasteiger partial charge in [0.25, 0.3) is 11.8 Å². The van der Waals surface area contributed by atoms with Gasteiger partial charge < -0.3 is 14.6 Å². The third kappa shape index (κ3) is 4.24. The molecular formula is C23H25NO5. The Labute approximate surface area is 170 Å². The van der Waals surface area contributed by atoms with E-state index in [2.05, 4.69) is 0 Å². The van der Waals surface area contributed by atoms with Crippen LogP contribution < -0.4 is 0 Å². The van der Waals surface area contributed by atoms with Gasteiger partial charge in [-0.1, -0.05) is 42.5 Å². The van der Waals surface area contributed by atoms with Gasteiger partial charge in [0.1, 0.15) is 0 Å². The number of hydrogen-bond donors (Lipinski definition) is 1. The molecule has 0 bridgehead atoms. The van der Waals surface area contributed by atoms with Crippen LogP contribution in [0, 0.1) is 0 Å². The first-order chi connectivity index (χ1) is 14.1. The summed E-state index contributed by atoms with van der Waals surface area (Å²) in [5.41, 5.74) is 1.68. The number of amides is 2. The highest BCUT2D eigenvalue weighted by Gasteiger charge is 2.42. The van der Waals surface area contributed by atoms with Crippen LogP contribution in [0.2, 0.25) is 0 Å². The van der Waals surface area contributed by atoms with Crippen LogP contribution in [0.1, 0.15) is 45.5 Å². The Morgan fingerprint density at radius 3 is 2.28 bits per heavy atom. The molecule has 1 fully saturated rings. The minimum atomic E-state index is -1.03. The second kappa shape index (κ2) is 8.86. The summed E-state index contributed by atoms with van der Waals surface area (Å²) in [6, 6.07) is 15.6. The van der Waals surface area contributed by atoms with E-state index in [4.69, 9.17) is 9.47 Å². The maximum atomic E-state index is 13.0. The summed E-state index contributed by atoms with van der Waals surface area (Å²) >= 11 is 0. The Hall–Kier alpha value is -2.54. The molecule has 3 atom stereocenters. The minimum absolute atomic E-state index is 0.00439. The third-order valence-electron chi connectivity index (χ3n) is 5.48. The number of aliphatic hydroxyl groups excluding tert-OH is 1. The Morgan fingerprint density at radius 2 is 1.66 bits per heavy atom. The van der Waals surface area contributed by atoms with Crippen LogP contribution in [0.15, 0.2) is 54.6 Å². The number of carbonyl (C=O) groups excluding carboxylic acids is 2. The van der Waals surface area contributed by atoms with Crippen LogP contribution in [-0.2, 0) is 15.9 Å². The van der Waals surface area contributed by atoms with Gasteiger partial charge in [0, 0.05) is 6.61 Å². The van der Waals surface area contributed by atoms with E-state index in [9.17, 15) is 14.7 Å². The Kier molecular flexibility index (Phi) is 6.04. The smallest absolute Gasteiger partial charge is 0.261 e. The number of ether oxygens (including phenoxy) is 2. The lowest BCUT2D eigenvalue weighted by Crippen LogP contribution is -2.50. The van der Waals surface area contributed by atoms with Gasteiger partial charge in [-0.25, -0.2) is 0 Å². The number of fused-ring (bicyclic) bond motifs is 1. The van der Waals surface area contributed by atoms with Crippen molar-refractivity contribution in [3.8, 4) is 0 Å². The zero-order valence-corrected chi connectivity index (χ0v) is 16.2. The molecule has 0 radical (unpaired) electrons. The number of benzene rings is 2. The standard InChI is InChI=1S/C23H25NO5/c25-20(15-29-21-12-6-7-13-28-21)19(14-16-8-2-1-3-9-16)24-22(26)17-10-4-5-11-18(17)23(24)27/h1-5,8-11,19-21,25H,6-7,12-15H2/t19-,20-,21?/m0/s1. The molecule has 2 amide bonds. The molecule has 1 N–H and O–H groups in total. The van der Waals surface area contributed by atoms with Crippen molar-refractivity contribution in [3.05, 3.63) is 71.3 Å². The van der Waals surface area contributed by atoms with E-state index in [-0.39, 0.29) is 24.7 Å². The quantitative estimate of drug-likeness (QED) is 0.730. The molecule has 152 valence electrons. The highest BCUT2D eigenvalue weighted by Crippen LogP contribution is 2.27. The number of imide groups is 1. The van der Waals surface area contributed by atoms with Crippen molar-refractivity contribution in [2.75, 3.05) is 13.2 Å². The van der Waals surface area contributed by atoms with E-state index in [1.165, 1.54) is 4.90 Å². The molecule has 0 spiro atoms. The van der Waals surface area contributed by atoms with Gasteiger partial charge >= 0.3 is 0 Å². The largest absolute Gasteiger partial charge is 0.389 e. The number of nitrogens with zero attached hydrogens (tertiary/aromatic N) is 1. The fraction of sp³-hybridized carbons (Fsp3) is 0.391. The van der Waals surface area contributed by atoms with E-state index in [0.29, 0.717) is 24.2 Å². The minimum Gasteiger partial charge on any atom is -0.389 e. The number of aliphatic hydroxyl groups is 1. The second-order valence-electron chi connectivity index (χ2n) is 7.48. The third-order valence-corrected chi connectivity index (χ3v) is 5.48. The van der Waals surface area contributed by atoms with Crippen LogP contribution in [0.25, 0.3) is 0 Å². The molecule has 0 aliphatic carbocycles. The summed E-state index contributed by atoms with van der Waals surface area (Å²) in [5.74, 6) is -0.751. The van der Waals surface area contributed by atoms with Crippen LogP contribution in [0.5, 0.6) is 0 Å². The predicted molar refractivity (Wildman–Crippen MR) is 106 cm³/mol. The molecule has 2 aromatic rings. The molecule has 29 heavy (non-hydrogen) atoms. The first-order valence-corrected chi connectivity index (χ1v) is 10.1. The van der Waals surface area contributed by atoms with Crippen molar-refractivity contribution < 1.29 is 24.2 Å². The van der Waals surface area contributed by atoms with Gasteiger partial charge in [0.15, 0.2) is 6.29 Å². The van der Waals surface area contributed by atoms with Crippen molar-refractivity contribution in [2.45, 2.75) is 44.1 Å². The zero-order valence-electron chi connectivity index (χ0n) is 16.2. The topological polar surface area (TPSA) is 76.1 Å². The second-order valence-corrected chi connectivity index (χ2v) is 7.48. The Bertz CT molecular complexity index is 828. The molecule has 6 nitrogen and oxygen atoms in total. The fourth-order valence-corrected chi connectivity index (χ4v) is 3.92. The molecule has 4 rings (SSSR count). The average molecular weight is 395 g/mol. The van der Waals surface area contributed by atoms with Gasteiger partial charge in [-0.15, -0.1) is 0 Å². The average Bonchev–Trinajstić information content (AvgIpc) is 3.02. The Morgan fingerprint density at radius 1 is 1.00 bits per heavy atom. The normalized spacial score (nSPS) is 21.1. The first kappa shape index (κ1) is 19.8. The highest BCUT2D eigenvalue weighted by atomic mass is 16.7. The van der Waals surface area contributed by atoms with Gasteiger partial charge in [0.05, 0.1) is 29.9 Å². The van der Waals surface area contributed by atoms with Crippen molar-refractivity contribution >= 4 is 11.8 Å². The van der Waals surface area contributed by atoms with Gasteiger partial charge in [-0.05, 0) is 43.4 Å². The first-order valence-electron chi connectivity index (χ1n) is 10.1. The summed E-state index contributed by atoms with van der Waals surface area (Å²) in [4.78, 5) is 27.1. The van der Waals surface area contributed by atoms with E-state index in [1.54, 1.807) is 24.3 Å². The van der Waals surface area contributed by atoms with E-state index < -0.39 is 12.1 Å². The molecule has 2 heterocycles. The lowest BCUT2D eigenvalue weighted by atomic mass is 10.00. The van der Waals surface area contributed by atoms with Gasteiger partial charge in [0.2, 0.25) is 0 Å². The molecule has 1 unspecified atom stereocenters. The molecule has 6 heteroatoms. The molecule has 2 aliphatic heterocycles. The number of rotatable bonds is 7. The molecule has 2 aromatic carbocycles. The van der Waals surface area contributed by atoms with Crippen LogP contribution in [-0.4, -0.2) is 53.5 Å². The van der Waals surface area contributed by atoms with Crippen molar-refractivity contribution in [1.82, 2.24) is 4.90 Å². The monoisotopic (exact) mass is 395 g/mol. The molecule has 0 aromatic heterocycles. The van der Waals surface area contributed by atoms with E-state index in [0.717, 1.165) is 24.8 Å². The number of hydrogen-bond acceptors (Lipinski definition) is 5. The zero-order chi connectivity index (χ0) is 20.2. The SMILES string of the molecule is O=C1c2ccccc2C(=O)N1[C@@H](Cc1ccccc1)[C@@H](O)COC1CCCCO1. The van der Waals surface area contributed by atoms with Crippen LogP contribution in [0.4, 0.5) is 0 Å².